The zero-order chi connectivity index (χ0) is 17.7. The molecule has 0 aliphatic rings. The van der Waals surface area contributed by atoms with E-state index in [0.717, 1.165) is 11.3 Å². The summed E-state index contributed by atoms with van der Waals surface area (Å²) in [4.78, 5) is 23.5. The predicted octanol–water partition coefficient (Wildman–Crippen LogP) is 1.50. The molecule has 0 aromatic carbocycles. The second-order valence-corrected chi connectivity index (χ2v) is 8.62. The minimum absolute atomic E-state index is 0.171. The van der Waals surface area contributed by atoms with E-state index in [1.54, 1.807) is 31.4 Å². The van der Waals surface area contributed by atoms with Crippen LogP contribution in [0.1, 0.15) is 24.9 Å². The summed E-state index contributed by atoms with van der Waals surface area (Å²) in [6.07, 6.45) is 1.36. The van der Waals surface area contributed by atoms with Gasteiger partial charge in [-0.1, -0.05) is 6.07 Å². The van der Waals surface area contributed by atoms with E-state index >= 15 is 0 Å². The fraction of sp³-hybridized carbons (Fsp3) is 0.333. The number of nitrogens with one attached hydrogen (secondary N) is 2. The first kappa shape index (κ1) is 18.2. The van der Waals surface area contributed by atoms with Crippen LogP contribution in [-0.4, -0.2) is 32.8 Å². The summed E-state index contributed by atoms with van der Waals surface area (Å²) >= 11 is 1.08. The third-order valence-electron chi connectivity index (χ3n) is 3.08. The summed E-state index contributed by atoms with van der Waals surface area (Å²) in [6, 6.07) is 6.02. The van der Waals surface area contributed by atoms with Gasteiger partial charge in [-0.3, -0.25) is 9.59 Å². The van der Waals surface area contributed by atoms with Crippen molar-refractivity contribution in [2.45, 2.75) is 29.3 Å². The van der Waals surface area contributed by atoms with Gasteiger partial charge in [0.1, 0.15) is 15.2 Å². The second kappa shape index (κ2) is 7.63. The first-order valence-corrected chi connectivity index (χ1v) is 9.64. The van der Waals surface area contributed by atoms with Crippen LogP contribution in [0.25, 0.3) is 0 Å². The Morgan fingerprint density at radius 1 is 1.21 bits per heavy atom. The summed E-state index contributed by atoms with van der Waals surface area (Å²) in [5.74, 6) is -1.49. The van der Waals surface area contributed by atoms with Crippen molar-refractivity contribution >= 4 is 33.0 Å². The molecular weight excluding hydrogens is 352 g/mol. The van der Waals surface area contributed by atoms with E-state index in [9.17, 15) is 18.0 Å². The Morgan fingerprint density at radius 2 is 1.96 bits per heavy atom. The molecule has 0 radical (unpaired) electrons. The molecule has 2 aromatic heterocycles. The number of carbonyl (C=O) groups is 2. The summed E-state index contributed by atoms with van der Waals surface area (Å²) in [5, 5.41) is 5.35. The minimum atomic E-state index is -3.75. The van der Waals surface area contributed by atoms with E-state index in [1.165, 1.54) is 18.4 Å². The van der Waals surface area contributed by atoms with Crippen molar-refractivity contribution in [2.75, 3.05) is 6.54 Å². The van der Waals surface area contributed by atoms with Gasteiger partial charge in [-0.25, -0.2) is 8.42 Å². The number of carbonyl (C=O) groups excluding carboxylic acids is 2. The van der Waals surface area contributed by atoms with Crippen molar-refractivity contribution < 1.29 is 22.4 Å². The number of hydrogen-bond donors (Lipinski definition) is 2. The Balaban J connectivity index is 2.17. The SMILES string of the molecule is CC(C)NC(=O)C(=O)NC[C@@H](c1ccco1)S(=O)(=O)c1cccs1. The lowest BCUT2D eigenvalue weighted by Crippen LogP contribution is -2.44. The molecule has 0 fully saturated rings. The molecule has 2 amide bonds. The van der Waals surface area contributed by atoms with Gasteiger partial charge in [0.05, 0.1) is 6.26 Å². The summed E-state index contributed by atoms with van der Waals surface area (Å²) in [5.41, 5.74) is 0. The number of thiophene rings is 1. The molecular formula is C15H18N2O5S2. The van der Waals surface area contributed by atoms with Crippen LogP contribution < -0.4 is 10.6 Å². The molecule has 0 aliphatic heterocycles. The van der Waals surface area contributed by atoms with Crippen molar-refractivity contribution in [1.82, 2.24) is 10.6 Å². The lowest BCUT2D eigenvalue weighted by molar-refractivity contribution is -0.139. The van der Waals surface area contributed by atoms with Gasteiger partial charge >= 0.3 is 11.8 Å². The van der Waals surface area contributed by atoms with E-state index in [4.69, 9.17) is 4.42 Å². The van der Waals surface area contributed by atoms with Crippen LogP contribution in [0.3, 0.4) is 0 Å². The van der Waals surface area contributed by atoms with Crippen molar-refractivity contribution in [3.8, 4) is 0 Å². The normalized spacial score (nSPS) is 12.8. The second-order valence-electron chi connectivity index (χ2n) is 5.32. The van der Waals surface area contributed by atoms with Gasteiger partial charge in [0.15, 0.2) is 9.84 Å². The maximum absolute atomic E-state index is 12.8. The maximum atomic E-state index is 12.8. The molecule has 1 atom stereocenters. The standard InChI is InChI=1S/C15H18N2O5S2/c1-10(2)17-15(19)14(18)16-9-12(11-5-3-7-22-11)24(20,21)13-6-4-8-23-13/h3-8,10,12H,9H2,1-2H3,(H,16,18)(H,17,19)/t12-/m0/s1. The van der Waals surface area contributed by atoms with Gasteiger partial charge in [-0.05, 0) is 37.4 Å². The highest BCUT2D eigenvalue weighted by atomic mass is 32.2. The molecule has 0 saturated heterocycles. The highest BCUT2D eigenvalue weighted by molar-refractivity contribution is 7.93. The topological polar surface area (TPSA) is 105 Å². The molecule has 0 unspecified atom stereocenters. The van der Waals surface area contributed by atoms with Crippen molar-refractivity contribution in [3.05, 3.63) is 41.7 Å². The summed E-state index contributed by atoms with van der Waals surface area (Å²) < 4.78 is 30.9. The Hall–Kier alpha value is -2.13. The first-order chi connectivity index (χ1) is 11.3. The fourth-order valence-corrected chi connectivity index (χ4v) is 4.79. The van der Waals surface area contributed by atoms with Crippen LogP contribution >= 0.6 is 11.3 Å². The largest absolute Gasteiger partial charge is 0.468 e. The molecule has 9 heteroatoms. The highest BCUT2D eigenvalue weighted by Gasteiger charge is 2.33. The summed E-state index contributed by atoms with van der Waals surface area (Å²) in [7, 11) is -3.75. The van der Waals surface area contributed by atoms with E-state index in [0.29, 0.717) is 0 Å². The molecule has 130 valence electrons. The van der Waals surface area contributed by atoms with Gasteiger partial charge in [0.2, 0.25) is 0 Å². The van der Waals surface area contributed by atoms with Gasteiger partial charge in [-0.15, -0.1) is 11.3 Å². The molecule has 2 heterocycles. The Labute approximate surface area is 144 Å². The van der Waals surface area contributed by atoms with Gasteiger partial charge in [0.25, 0.3) is 0 Å². The van der Waals surface area contributed by atoms with Gasteiger partial charge < -0.3 is 15.1 Å². The van der Waals surface area contributed by atoms with E-state index < -0.39 is 26.9 Å². The minimum Gasteiger partial charge on any atom is -0.468 e. The maximum Gasteiger partial charge on any atom is 0.309 e. The molecule has 0 spiro atoms. The number of amides is 2. The Morgan fingerprint density at radius 3 is 2.50 bits per heavy atom. The van der Waals surface area contributed by atoms with Crippen molar-refractivity contribution in [2.24, 2.45) is 0 Å². The monoisotopic (exact) mass is 370 g/mol. The number of furan rings is 1. The molecule has 2 aromatic rings. The van der Waals surface area contributed by atoms with E-state index in [-0.39, 0.29) is 22.6 Å². The first-order valence-electron chi connectivity index (χ1n) is 7.22. The van der Waals surface area contributed by atoms with Crippen LogP contribution in [0.4, 0.5) is 0 Å². The molecule has 24 heavy (non-hydrogen) atoms. The number of hydrogen-bond acceptors (Lipinski definition) is 6. The zero-order valence-electron chi connectivity index (χ0n) is 13.2. The quantitative estimate of drug-likeness (QED) is 0.750. The van der Waals surface area contributed by atoms with Crippen LogP contribution in [0.15, 0.2) is 44.5 Å². The predicted molar refractivity (Wildman–Crippen MR) is 89.2 cm³/mol. The van der Waals surface area contributed by atoms with Crippen LogP contribution in [0, 0.1) is 0 Å². The van der Waals surface area contributed by atoms with Crippen molar-refractivity contribution in [3.63, 3.8) is 0 Å². The van der Waals surface area contributed by atoms with Crippen LogP contribution in [0.5, 0.6) is 0 Å². The van der Waals surface area contributed by atoms with Crippen molar-refractivity contribution in [1.29, 1.82) is 0 Å². The van der Waals surface area contributed by atoms with Gasteiger partial charge in [-0.2, -0.15) is 0 Å². The number of rotatable bonds is 6. The lowest BCUT2D eigenvalue weighted by atomic mass is 10.3. The Bertz CT molecular complexity index is 780. The molecule has 7 nitrogen and oxygen atoms in total. The van der Waals surface area contributed by atoms with Gasteiger partial charge in [0, 0.05) is 12.6 Å². The van der Waals surface area contributed by atoms with Crippen LogP contribution in [-0.2, 0) is 19.4 Å². The third kappa shape index (κ3) is 4.24. The van der Waals surface area contributed by atoms with Crippen LogP contribution in [0.2, 0.25) is 0 Å². The average molecular weight is 370 g/mol. The molecule has 0 saturated carbocycles. The highest BCUT2D eigenvalue weighted by Crippen LogP contribution is 2.31. The fourth-order valence-electron chi connectivity index (χ4n) is 2.00. The average Bonchev–Trinajstić information content (AvgIpc) is 3.20. The molecule has 0 bridgehead atoms. The molecule has 0 aliphatic carbocycles. The number of sulfone groups is 1. The Kier molecular flexibility index (Phi) is 5.79. The lowest BCUT2D eigenvalue weighted by Gasteiger charge is -2.16. The molecule has 2 N–H and O–H groups in total. The zero-order valence-corrected chi connectivity index (χ0v) is 14.8. The van der Waals surface area contributed by atoms with E-state index in [2.05, 4.69) is 10.6 Å². The smallest absolute Gasteiger partial charge is 0.309 e. The van der Waals surface area contributed by atoms with E-state index in [1.807, 2.05) is 0 Å². The third-order valence-corrected chi connectivity index (χ3v) is 6.58. The molecule has 2 rings (SSSR count). The summed E-state index contributed by atoms with van der Waals surface area (Å²) in [6.45, 7) is 3.17.